The Morgan fingerprint density at radius 1 is 1.57 bits per heavy atom. The average Bonchev–Trinajstić information content (AvgIpc) is 2.48. The molecule has 1 aromatic rings. The van der Waals surface area contributed by atoms with Crippen molar-refractivity contribution < 1.29 is 9.53 Å². The zero-order valence-electron chi connectivity index (χ0n) is 8.47. The molecule has 1 rings (SSSR count). The van der Waals surface area contributed by atoms with E-state index in [9.17, 15) is 4.79 Å². The molecule has 74 valence electrons. The Labute approximate surface area is 82.7 Å². The number of H-pyrrole nitrogens is 1. The lowest BCUT2D eigenvalue weighted by Gasteiger charge is -1.90. The minimum absolute atomic E-state index is 0.112. The first kappa shape index (κ1) is 10.3. The molecule has 0 saturated heterocycles. The Balaban J connectivity index is 2.73. The highest BCUT2D eigenvalue weighted by Crippen LogP contribution is 2.06. The van der Waals surface area contributed by atoms with Crippen LogP contribution < -0.4 is 0 Å². The normalized spacial score (nSPS) is 9.07. The summed E-state index contributed by atoms with van der Waals surface area (Å²) in [5, 5.41) is 6.81. The number of nitrogens with one attached hydrogen (secondary N) is 1. The van der Waals surface area contributed by atoms with Crippen molar-refractivity contribution in [2.75, 3.05) is 7.11 Å². The van der Waals surface area contributed by atoms with Gasteiger partial charge in [0.2, 0.25) is 0 Å². The third-order valence-corrected chi connectivity index (χ3v) is 1.80. The van der Waals surface area contributed by atoms with Crippen molar-refractivity contribution in [2.24, 2.45) is 0 Å². The van der Waals surface area contributed by atoms with Gasteiger partial charge in [0.15, 0.2) is 0 Å². The predicted octanol–water partition coefficient (Wildman–Crippen LogP) is 0.941. The van der Waals surface area contributed by atoms with Gasteiger partial charge in [0.1, 0.15) is 6.42 Å². The Morgan fingerprint density at radius 2 is 2.29 bits per heavy atom. The molecule has 0 saturated carbocycles. The van der Waals surface area contributed by atoms with Gasteiger partial charge in [-0.3, -0.25) is 9.89 Å². The van der Waals surface area contributed by atoms with Crippen LogP contribution in [-0.2, 0) is 9.53 Å². The van der Waals surface area contributed by atoms with Crippen LogP contribution >= 0.6 is 0 Å². The quantitative estimate of drug-likeness (QED) is 0.532. The summed E-state index contributed by atoms with van der Waals surface area (Å²) in [6.45, 7) is 3.76. The van der Waals surface area contributed by atoms with Crippen LogP contribution in [0.25, 0.3) is 0 Å². The predicted molar refractivity (Wildman–Crippen MR) is 51.6 cm³/mol. The van der Waals surface area contributed by atoms with Crippen molar-refractivity contribution in [3.8, 4) is 11.8 Å². The van der Waals surface area contributed by atoms with Gasteiger partial charge in [-0.25, -0.2) is 0 Å². The molecule has 1 N–H and O–H groups in total. The maximum atomic E-state index is 10.8. The fourth-order valence-electron chi connectivity index (χ4n) is 1.01. The van der Waals surface area contributed by atoms with E-state index in [0.29, 0.717) is 0 Å². The maximum absolute atomic E-state index is 10.8. The standard InChI is InChI=1S/C10H12N2O2/c1-7-9(8(2)12-11-7)5-4-6-10(13)14-3/h6H2,1-3H3,(H,11,12). The number of rotatable bonds is 1. The first-order valence-corrected chi connectivity index (χ1v) is 4.22. The minimum Gasteiger partial charge on any atom is -0.468 e. The molecule has 0 aliphatic carbocycles. The Morgan fingerprint density at radius 3 is 2.79 bits per heavy atom. The van der Waals surface area contributed by atoms with Gasteiger partial charge < -0.3 is 4.74 Å². The second kappa shape index (κ2) is 4.47. The molecule has 0 spiro atoms. The molecule has 1 aromatic heterocycles. The molecule has 0 fully saturated rings. The molecule has 0 bridgehead atoms. The number of aromatic nitrogens is 2. The second-order valence-corrected chi connectivity index (χ2v) is 2.86. The number of nitrogens with zero attached hydrogens (tertiary/aromatic N) is 1. The third kappa shape index (κ3) is 2.36. The lowest BCUT2D eigenvalue weighted by Crippen LogP contribution is -1.97. The lowest BCUT2D eigenvalue weighted by molar-refractivity contribution is -0.139. The van der Waals surface area contributed by atoms with Crippen LogP contribution in [-0.4, -0.2) is 23.3 Å². The molecule has 0 aromatic carbocycles. The summed E-state index contributed by atoms with van der Waals surface area (Å²) in [4.78, 5) is 10.8. The topological polar surface area (TPSA) is 55.0 Å². The van der Waals surface area contributed by atoms with Crippen molar-refractivity contribution in [1.29, 1.82) is 0 Å². The van der Waals surface area contributed by atoms with Gasteiger partial charge >= 0.3 is 5.97 Å². The van der Waals surface area contributed by atoms with E-state index in [0.717, 1.165) is 17.0 Å². The summed E-state index contributed by atoms with van der Waals surface area (Å²) >= 11 is 0. The molecule has 14 heavy (non-hydrogen) atoms. The first-order valence-electron chi connectivity index (χ1n) is 4.22. The van der Waals surface area contributed by atoms with E-state index in [2.05, 4.69) is 26.8 Å². The molecular formula is C10H12N2O2. The largest absolute Gasteiger partial charge is 0.468 e. The Kier molecular flexibility index (Phi) is 3.29. The monoisotopic (exact) mass is 192 g/mol. The summed E-state index contributed by atoms with van der Waals surface area (Å²) < 4.78 is 4.47. The van der Waals surface area contributed by atoms with Crippen LogP contribution in [0.15, 0.2) is 0 Å². The number of ether oxygens (including phenoxy) is 1. The van der Waals surface area contributed by atoms with Gasteiger partial charge in [0, 0.05) is 5.69 Å². The van der Waals surface area contributed by atoms with Gasteiger partial charge in [0.25, 0.3) is 0 Å². The van der Waals surface area contributed by atoms with E-state index < -0.39 is 0 Å². The number of aryl methyl sites for hydroxylation is 2. The summed E-state index contributed by atoms with van der Waals surface area (Å²) in [5.74, 6) is 5.29. The molecule has 4 heteroatoms. The molecule has 0 aliphatic heterocycles. The van der Waals surface area contributed by atoms with E-state index >= 15 is 0 Å². The molecule has 0 unspecified atom stereocenters. The van der Waals surface area contributed by atoms with Crippen LogP contribution in [0.3, 0.4) is 0 Å². The number of hydrogen-bond acceptors (Lipinski definition) is 3. The van der Waals surface area contributed by atoms with Crippen molar-refractivity contribution in [1.82, 2.24) is 10.2 Å². The fourth-order valence-corrected chi connectivity index (χ4v) is 1.01. The van der Waals surface area contributed by atoms with Gasteiger partial charge in [-0.2, -0.15) is 5.10 Å². The van der Waals surface area contributed by atoms with Crippen LogP contribution in [0.2, 0.25) is 0 Å². The van der Waals surface area contributed by atoms with E-state index in [1.54, 1.807) is 0 Å². The molecule has 1 heterocycles. The molecule has 0 radical (unpaired) electrons. The Bertz CT molecular complexity index is 376. The summed E-state index contributed by atoms with van der Waals surface area (Å²) in [6, 6.07) is 0. The second-order valence-electron chi connectivity index (χ2n) is 2.86. The van der Waals surface area contributed by atoms with Gasteiger partial charge in [-0.05, 0) is 13.8 Å². The van der Waals surface area contributed by atoms with Gasteiger partial charge in [0.05, 0.1) is 18.4 Å². The first-order chi connectivity index (χ1) is 6.65. The average molecular weight is 192 g/mol. The number of aromatic amines is 1. The fraction of sp³-hybridized carbons (Fsp3) is 0.400. The van der Waals surface area contributed by atoms with Gasteiger partial charge in [-0.15, -0.1) is 0 Å². The number of hydrogen-bond donors (Lipinski definition) is 1. The summed E-state index contributed by atoms with van der Waals surface area (Å²) in [7, 11) is 1.35. The molecular weight excluding hydrogens is 180 g/mol. The van der Waals surface area contributed by atoms with Crippen molar-refractivity contribution in [2.45, 2.75) is 20.3 Å². The van der Waals surface area contributed by atoms with Crippen LogP contribution in [0.1, 0.15) is 23.4 Å². The zero-order chi connectivity index (χ0) is 10.6. The third-order valence-electron chi connectivity index (χ3n) is 1.80. The number of carbonyl (C=O) groups is 1. The smallest absolute Gasteiger partial charge is 0.317 e. The number of methoxy groups -OCH3 is 1. The van der Waals surface area contributed by atoms with Crippen molar-refractivity contribution >= 4 is 5.97 Å². The number of carbonyl (C=O) groups excluding carboxylic acids is 1. The lowest BCUT2D eigenvalue weighted by atomic mass is 10.2. The molecule has 0 aliphatic rings. The Hall–Kier alpha value is -1.76. The van der Waals surface area contributed by atoms with Crippen LogP contribution in [0.4, 0.5) is 0 Å². The molecule has 0 atom stereocenters. The van der Waals surface area contributed by atoms with E-state index in [-0.39, 0.29) is 12.4 Å². The van der Waals surface area contributed by atoms with Crippen molar-refractivity contribution in [3.05, 3.63) is 17.0 Å². The van der Waals surface area contributed by atoms with E-state index in [4.69, 9.17) is 0 Å². The van der Waals surface area contributed by atoms with Crippen LogP contribution in [0, 0.1) is 25.7 Å². The SMILES string of the molecule is COC(=O)CC#Cc1c(C)n[nH]c1C. The highest BCUT2D eigenvalue weighted by Gasteiger charge is 2.02. The number of esters is 1. The molecule has 0 amide bonds. The highest BCUT2D eigenvalue weighted by molar-refractivity contribution is 5.72. The van der Waals surface area contributed by atoms with E-state index in [1.807, 2.05) is 13.8 Å². The summed E-state index contributed by atoms with van der Waals surface area (Å²) in [5.41, 5.74) is 2.62. The molecule has 4 nitrogen and oxygen atoms in total. The van der Waals surface area contributed by atoms with Gasteiger partial charge in [-0.1, -0.05) is 11.8 Å². The van der Waals surface area contributed by atoms with Crippen molar-refractivity contribution in [3.63, 3.8) is 0 Å². The van der Waals surface area contributed by atoms with E-state index in [1.165, 1.54) is 7.11 Å². The van der Waals surface area contributed by atoms with Crippen LogP contribution in [0.5, 0.6) is 0 Å². The minimum atomic E-state index is -0.323. The maximum Gasteiger partial charge on any atom is 0.317 e. The highest BCUT2D eigenvalue weighted by atomic mass is 16.5. The summed E-state index contributed by atoms with van der Waals surface area (Å²) in [6.07, 6.45) is 0.112. The zero-order valence-corrected chi connectivity index (χ0v) is 8.47.